The molecule has 8 heteroatoms. The van der Waals surface area contributed by atoms with Crippen LogP contribution >= 0.6 is 11.3 Å². The maximum absolute atomic E-state index is 13.0. The molecule has 0 spiro atoms. The predicted molar refractivity (Wildman–Crippen MR) is 135 cm³/mol. The quantitative estimate of drug-likeness (QED) is 0.397. The first-order valence-corrected chi connectivity index (χ1v) is 12.0. The molecule has 2 aromatic carbocycles. The minimum absolute atomic E-state index is 0.159. The number of aromatic amines is 1. The number of hydrogen-bond acceptors (Lipinski definition) is 5. The van der Waals surface area contributed by atoms with Crippen molar-refractivity contribution in [1.82, 2.24) is 15.1 Å². The van der Waals surface area contributed by atoms with E-state index >= 15 is 0 Å². The van der Waals surface area contributed by atoms with Gasteiger partial charge in [0.1, 0.15) is 0 Å². The third kappa shape index (κ3) is 4.37. The number of fused-ring (bicyclic) bond motifs is 1. The number of aromatic nitrogens is 2. The van der Waals surface area contributed by atoms with Crippen molar-refractivity contribution in [2.45, 2.75) is 19.4 Å². The molecule has 3 N–H and O–H groups in total. The van der Waals surface area contributed by atoms with Crippen LogP contribution in [0.5, 0.6) is 0 Å². The summed E-state index contributed by atoms with van der Waals surface area (Å²) in [5.74, 6) is -0.373. The van der Waals surface area contributed by atoms with Crippen LogP contribution in [0.25, 0.3) is 23.1 Å². The summed E-state index contributed by atoms with van der Waals surface area (Å²) in [4.78, 5) is 28.2. The van der Waals surface area contributed by atoms with Gasteiger partial charge in [-0.05, 0) is 60.2 Å². The Labute approximate surface area is 200 Å². The van der Waals surface area contributed by atoms with Gasteiger partial charge in [0.2, 0.25) is 0 Å². The fourth-order valence-electron chi connectivity index (χ4n) is 4.12. The van der Waals surface area contributed by atoms with Gasteiger partial charge in [0.05, 0.1) is 22.2 Å². The summed E-state index contributed by atoms with van der Waals surface area (Å²) < 4.78 is 0. The van der Waals surface area contributed by atoms with E-state index < -0.39 is 6.10 Å². The lowest BCUT2D eigenvalue weighted by Gasteiger charge is -2.17. The second kappa shape index (κ2) is 9.24. The highest BCUT2D eigenvalue weighted by molar-refractivity contribution is 7.12. The van der Waals surface area contributed by atoms with Crippen LogP contribution in [0.3, 0.4) is 0 Å². The number of carbonyl (C=O) groups is 2. The zero-order valence-electron chi connectivity index (χ0n) is 18.6. The first-order valence-electron chi connectivity index (χ1n) is 11.1. The van der Waals surface area contributed by atoms with Crippen LogP contribution < -0.4 is 5.32 Å². The van der Waals surface area contributed by atoms with Gasteiger partial charge in [-0.3, -0.25) is 14.7 Å². The fourth-order valence-corrected chi connectivity index (χ4v) is 4.94. The lowest BCUT2D eigenvalue weighted by atomic mass is 10.1. The zero-order chi connectivity index (χ0) is 23.7. The van der Waals surface area contributed by atoms with Gasteiger partial charge >= 0.3 is 0 Å². The second-order valence-corrected chi connectivity index (χ2v) is 9.29. The van der Waals surface area contributed by atoms with Gasteiger partial charge < -0.3 is 15.3 Å². The Kier molecular flexibility index (Phi) is 6.00. The molecule has 1 aliphatic rings. The van der Waals surface area contributed by atoms with E-state index in [4.69, 9.17) is 0 Å². The number of thiophene rings is 1. The highest BCUT2D eigenvalue weighted by Gasteiger charge is 2.26. The molecule has 1 saturated heterocycles. The average Bonchev–Trinajstić information content (AvgIpc) is 3.57. The molecule has 172 valence electrons. The summed E-state index contributed by atoms with van der Waals surface area (Å²) in [5.41, 5.74) is 4.40. The SMILES string of the molecule is Cc1ccsc1C(=O)Nc1cc(C(=O)N2CCC(O)C2)ccc1/C=C/c1n[nH]c2ccccc12. The smallest absolute Gasteiger partial charge is 0.266 e. The Balaban J connectivity index is 1.48. The lowest BCUT2D eigenvalue weighted by molar-refractivity contribution is 0.0764. The summed E-state index contributed by atoms with van der Waals surface area (Å²) in [6, 6.07) is 15.0. The Bertz CT molecular complexity index is 1400. The molecule has 3 heterocycles. The largest absolute Gasteiger partial charge is 0.391 e. The number of nitrogens with zero attached hydrogens (tertiary/aromatic N) is 2. The highest BCUT2D eigenvalue weighted by atomic mass is 32.1. The maximum atomic E-state index is 13.0. The van der Waals surface area contributed by atoms with Crippen LogP contribution in [0.4, 0.5) is 5.69 Å². The molecular formula is C26H24N4O3S. The Morgan fingerprint density at radius 1 is 1.21 bits per heavy atom. The molecule has 34 heavy (non-hydrogen) atoms. The van der Waals surface area contributed by atoms with Crippen LogP contribution in [0.15, 0.2) is 53.9 Å². The number of anilines is 1. The number of H-pyrrole nitrogens is 1. The molecular weight excluding hydrogens is 448 g/mol. The molecule has 0 radical (unpaired) electrons. The molecule has 1 atom stereocenters. The van der Waals surface area contributed by atoms with Crippen molar-refractivity contribution in [3.05, 3.63) is 81.2 Å². The van der Waals surface area contributed by atoms with Gasteiger partial charge in [0.15, 0.2) is 0 Å². The zero-order valence-corrected chi connectivity index (χ0v) is 19.4. The van der Waals surface area contributed by atoms with E-state index in [1.807, 2.05) is 60.9 Å². The van der Waals surface area contributed by atoms with E-state index in [1.165, 1.54) is 11.3 Å². The van der Waals surface area contributed by atoms with Crippen molar-refractivity contribution < 1.29 is 14.7 Å². The molecule has 0 bridgehead atoms. The third-order valence-corrected chi connectivity index (χ3v) is 7.00. The van der Waals surface area contributed by atoms with Crippen molar-refractivity contribution in [3.63, 3.8) is 0 Å². The number of carbonyl (C=O) groups excluding carboxylic acids is 2. The summed E-state index contributed by atoms with van der Waals surface area (Å²) in [6.45, 7) is 2.74. The number of aliphatic hydroxyl groups is 1. The van der Waals surface area contributed by atoms with Crippen molar-refractivity contribution in [2.24, 2.45) is 0 Å². The molecule has 2 amide bonds. The van der Waals surface area contributed by atoms with E-state index in [9.17, 15) is 14.7 Å². The van der Waals surface area contributed by atoms with E-state index in [-0.39, 0.29) is 11.8 Å². The molecule has 2 aromatic heterocycles. The number of likely N-dealkylation sites (tertiary alicyclic amines) is 1. The van der Waals surface area contributed by atoms with E-state index in [2.05, 4.69) is 15.5 Å². The van der Waals surface area contributed by atoms with Gasteiger partial charge in [0, 0.05) is 29.7 Å². The monoisotopic (exact) mass is 472 g/mol. The summed E-state index contributed by atoms with van der Waals surface area (Å²) in [7, 11) is 0. The number of aryl methyl sites for hydroxylation is 1. The van der Waals surface area contributed by atoms with Gasteiger partial charge in [-0.1, -0.05) is 30.3 Å². The lowest BCUT2D eigenvalue weighted by Crippen LogP contribution is -2.29. The average molecular weight is 473 g/mol. The summed E-state index contributed by atoms with van der Waals surface area (Å²) in [6.07, 6.45) is 3.85. The standard InChI is InChI=1S/C26H24N4O3S/c1-16-11-13-34-24(16)25(32)27-23-14-18(26(33)30-12-10-19(31)15-30)7-6-17(23)8-9-22-20-4-2-3-5-21(20)28-29-22/h2-9,11,13-14,19,31H,10,12,15H2,1H3,(H,27,32)(H,28,29)/b9-8+. The molecule has 7 nitrogen and oxygen atoms in total. The number of aliphatic hydroxyl groups excluding tert-OH is 1. The van der Waals surface area contributed by atoms with E-state index in [1.54, 1.807) is 17.0 Å². The molecule has 5 rings (SSSR count). The Morgan fingerprint density at radius 2 is 2.06 bits per heavy atom. The van der Waals surface area contributed by atoms with Gasteiger partial charge in [-0.15, -0.1) is 11.3 Å². The first-order chi connectivity index (χ1) is 16.5. The summed E-state index contributed by atoms with van der Waals surface area (Å²) in [5, 5.41) is 23.1. The van der Waals surface area contributed by atoms with Crippen LogP contribution in [-0.4, -0.2) is 51.2 Å². The van der Waals surface area contributed by atoms with Crippen molar-refractivity contribution in [3.8, 4) is 0 Å². The minimum Gasteiger partial charge on any atom is -0.391 e. The fraction of sp³-hybridized carbons (Fsp3) is 0.192. The number of benzene rings is 2. The van der Waals surface area contributed by atoms with Crippen LogP contribution in [-0.2, 0) is 0 Å². The number of amides is 2. The first kappa shape index (κ1) is 22.1. The number of hydrogen-bond donors (Lipinski definition) is 3. The normalized spacial score (nSPS) is 15.9. The van der Waals surface area contributed by atoms with Gasteiger partial charge in [0.25, 0.3) is 11.8 Å². The topological polar surface area (TPSA) is 98.3 Å². The van der Waals surface area contributed by atoms with Crippen molar-refractivity contribution >= 4 is 51.9 Å². The van der Waals surface area contributed by atoms with E-state index in [0.717, 1.165) is 27.7 Å². The molecule has 0 aliphatic carbocycles. The Hall–Kier alpha value is -3.75. The summed E-state index contributed by atoms with van der Waals surface area (Å²) >= 11 is 1.38. The second-order valence-electron chi connectivity index (χ2n) is 8.37. The van der Waals surface area contributed by atoms with E-state index in [0.29, 0.717) is 35.6 Å². The molecule has 1 aliphatic heterocycles. The van der Waals surface area contributed by atoms with Crippen LogP contribution in [0.2, 0.25) is 0 Å². The number of para-hydroxylation sites is 1. The Morgan fingerprint density at radius 3 is 2.82 bits per heavy atom. The number of nitrogens with one attached hydrogen (secondary N) is 2. The third-order valence-electron chi connectivity index (χ3n) is 5.99. The predicted octanol–water partition coefficient (Wildman–Crippen LogP) is 4.56. The molecule has 0 saturated carbocycles. The molecule has 1 fully saturated rings. The minimum atomic E-state index is -0.490. The number of rotatable bonds is 5. The van der Waals surface area contributed by atoms with Gasteiger partial charge in [-0.25, -0.2) is 0 Å². The number of β-amino-alcohol motifs (C(OH)–C–C–N with tert-alkyl or cyclic N) is 1. The highest BCUT2D eigenvalue weighted by Crippen LogP contribution is 2.26. The van der Waals surface area contributed by atoms with Gasteiger partial charge in [-0.2, -0.15) is 5.10 Å². The van der Waals surface area contributed by atoms with Crippen molar-refractivity contribution in [2.75, 3.05) is 18.4 Å². The van der Waals surface area contributed by atoms with Crippen molar-refractivity contribution in [1.29, 1.82) is 0 Å². The maximum Gasteiger partial charge on any atom is 0.266 e. The van der Waals surface area contributed by atoms with Crippen LogP contribution in [0, 0.1) is 6.92 Å². The molecule has 4 aromatic rings. The molecule has 1 unspecified atom stereocenters. The van der Waals surface area contributed by atoms with Crippen LogP contribution in [0.1, 0.15) is 43.3 Å².